The Hall–Kier alpha value is 0.849. The summed E-state index contributed by atoms with van der Waals surface area (Å²) in [5.41, 5.74) is 14.0. The van der Waals surface area contributed by atoms with Crippen LogP contribution in [0.3, 0.4) is 0 Å². The van der Waals surface area contributed by atoms with Crippen LogP contribution in [0.25, 0.3) is 0 Å². The molecule has 0 aromatic rings. The summed E-state index contributed by atoms with van der Waals surface area (Å²) in [7, 11) is 0. The summed E-state index contributed by atoms with van der Waals surface area (Å²) in [5.74, 6) is 0. The fourth-order valence-corrected chi connectivity index (χ4v) is 0. The minimum absolute atomic E-state index is 0. The van der Waals surface area contributed by atoms with Gasteiger partial charge in [0.15, 0.2) is 0 Å². The van der Waals surface area contributed by atoms with Crippen molar-refractivity contribution < 1.29 is 17.1 Å². The minimum Gasteiger partial charge on any atom is -0.415 e. The van der Waals surface area contributed by atoms with E-state index in [-0.39, 0.29) is 30.0 Å². The molecule has 0 rings (SSSR count). The molecule has 0 heterocycles. The van der Waals surface area contributed by atoms with Crippen LogP contribution in [0.1, 0.15) is 0 Å². The third kappa shape index (κ3) is 2100. The van der Waals surface area contributed by atoms with Crippen molar-refractivity contribution in [3.8, 4) is 0 Å². The van der Waals surface area contributed by atoms with Crippen molar-refractivity contribution in [3.05, 3.63) is 0 Å². The molecule has 0 saturated carbocycles. The van der Waals surface area contributed by atoms with Crippen molar-refractivity contribution in [1.82, 2.24) is 0 Å². The second kappa shape index (κ2) is 18.6. The first kappa shape index (κ1) is 23.6. The fraction of sp³-hybridized carbons (Fsp3) is 0. The van der Waals surface area contributed by atoms with E-state index in [0.717, 1.165) is 0 Å². The van der Waals surface area contributed by atoms with Gasteiger partial charge in [0, 0.05) is 0 Å². The van der Waals surface area contributed by atoms with Crippen molar-refractivity contribution in [2.24, 2.45) is 17.2 Å². The average molecular weight is 340 g/mol. The van der Waals surface area contributed by atoms with E-state index in [1.54, 1.807) is 0 Å². The van der Waals surface area contributed by atoms with Crippen LogP contribution in [0.15, 0.2) is 0 Å². The van der Waals surface area contributed by atoms with Crippen molar-refractivity contribution in [1.29, 1.82) is 0 Å². The molecule has 10 heteroatoms. The molecule has 0 fully saturated rings. The standard InChI is InChI=1S/3CH3NS2.Cu/c3*2-1(3)4;/h3*(H3,2,3,4);/q;;;+1/p-3. The van der Waals surface area contributed by atoms with E-state index < -0.39 is 0 Å². The van der Waals surface area contributed by atoms with Gasteiger partial charge in [-0.1, -0.05) is 13.0 Å². The van der Waals surface area contributed by atoms with Crippen LogP contribution < -0.4 is 17.2 Å². The molecule has 82 valence electrons. The van der Waals surface area contributed by atoms with E-state index >= 15 is 0 Å². The first-order valence-electron chi connectivity index (χ1n) is 2.09. The molecule has 0 unspecified atom stereocenters. The van der Waals surface area contributed by atoms with Gasteiger partial charge >= 0.3 is 17.1 Å². The summed E-state index contributed by atoms with van der Waals surface area (Å²) in [6.45, 7) is 0. The third-order valence-corrected chi connectivity index (χ3v) is 0. The number of rotatable bonds is 0. The molecule has 0 aliphatic heterocycles. The van der Waals surface area contributed by atoms with Crippen molar-refractivity contribution in [3.63, 3.8) is 0 Å². The SMILES string of the molecule is NC(=S)[S-].NC(=S)[S-].NC(=S)[S-].[Cu+]. The van der Waals surface area contributed by atoms with Gasteiger partial charge in [0.2, 0.25) is 0 Å². The molecule has 0 spiro atoms. The van der Waals surface area contributed by atoms with Gasteiger partial charge in [0.1, 0.15) is 0 Å². The van der Waals surface area contributed by atoms with Gasteiger partial charge in [-0.25, -0.2) is 0 Å². The zero-order valence-corrected chi connectivity index (χ0v) is 11.8. The van der Waals surface area contributed by atoms with E-state index in [9.17, 15) is 0 Å². The Morgan fingerprint density at radius 3 is 0.692 bits per heavy atom. The van der Waals surface area contributed by atoms with Crippen molar-refractivity contribution in [2.45, 2.75) is 0 Å². The molecule has 0 aliphatic carbocycles. The smallest absolute Gasteiger partial charge is 0.415 e. The number of hydrogen-bond donors (Lipinski definition) is 3. The number of thiocarbonyl (C=S) groups is 3. The summed E-state index contributed by atoms with van der Waals surface area (Å²) in [6, 6.07) is 0. The van der Waals surface area contributed by atoms with Crippen LogP contribution in [0.2, 0.25) is 0 Å². The van der Waals surface area contributed by atoms with Crippen molar-refractivity contribution >= 4 is 87.5 Å². The summed E-state index contributed by atoms with van der Waals surface area (Å²) in [6.07, 6.45) is 0. The fourth-order valence-electron chi connectivity index (χ4n) is 0. The van der Waals surface area contributed by atoms with Gasteiger partial charge in [-0.15, -0.1) is 0 Å². The Morgan fingerprint density at radius 1 is 0.692 bits per heavy atom. The Bertz CT molecular complexity index is 121. The summed E-state index contributed by atoms with van der Waals surface area (Å²) < 4.78 is 0.250. The predicted octanol–water partition coefficient (Wildman–Crippen LogP) is -0.672. The summed E-state index contributed by atoms with van der Waals surface area (Å²) in [4.78, 5) is 0. The average Bonchev–Trinajstić information content (AvgIpc) is 1.54. The zero-order chi connectivity index (χ0) is 10.7. The van der Waals surface area contributed by atoms with Gasteiger partial charge < -0.3 is 91.7 Å². The first-order valence-corrected chi connectivity index (χ1v) is 4.54. The van der Waals surface area contributed by atoms with Crippen LogP contribution in [-0.4, -0.2) is 13.0 Å². The van der Waals surface area contributed by atoms with E-state index in [0.29, 0.717) is 0 Å². The van der Waals surface area contributed by atoms with Gasteiger partial charge in [-0.3, -0.25) is 0 Å². The molecule has 0 atom stereocenters. The molecule has 0 radical (unpaired) electrons. The van der Waals surface area contributed by atoms with E-state index in [1.165, 1.54) is 0 Å². The molecule has 0 aliphatic rings. The molecular weight excluding hydrogens is 334 g/mol. The summed E-state index contributed by atoms with van der Waals surface area (Å²) in [5, 5.41) is 0. The molecule has 0 aromatic heterocycles. The third-order valence-electron chi connectivity index (χ3n) is 0. The molecular formula is C3H6CuN3S6-2. The number of nitrogens with two attached hydrogens (primary N) is 3. The van der Waals surface area contributed by atoms with Crippen molar-refractivity contribution in [2.75, 3.05) is 0 Å². The van der Waals surface area contributed by atoms with Gasteiger partial charge in [-0.2, -0.15) is 0 Å². The van der Waals surface area contributed by atoms with Crippen LogP contribution >= 0.6 is 36.7 Å². The first-order chi connectivity index (χ1) is 5.20. The maximum absolute atomic E-state index is 4.66. The zero-order valence-electron chi connectivity index (χ0n) is 5.98. The quantitative estimate of drug-likeness (QED) is 0.302. The van der Waals surface area contributed by atoms with E-state index in [2.05, 4.69) is 91.7 Å². The Labute approximate surface area is 121 Å². The molecule has 0 saturated heterocycles. The Kier molecular flexibility index (Phi) is 33.7. The van der Waals surface area contributed by atoms with Gasteiger partial charge in [0.05, 0.1) is 0 Å². The Morgan fingerprint density at radius 2 is 0.692 bits per heavy atom. The molecule has 0 amide bonds. The van der Waals surface area contributed by atoms with Gasteiger partial charge in [-0.05, 0) is 0 Å². The Balaban J connectivity index is -0.0000000450. The molecule has 13 heavy (non-hydrogen) atoms. The van der Waals surface area contributed by atoms with Gasteiger partial charge in [0.25, 0.3) is 0 Å². The monoisotopic (exact) mass is 339 g/mol. The summed E-state index contributed by atoms with van der Waals surface area (Å²) >= 11 is 24.8. The minimum atomic E-state index is 0. The molecule has 0 bridgehead atoms. The number of hydrogen-bond acceptors (Lipinski definition) is 6. The second-order valence-corrected chi connectivity index (χ2v) is 4.37. The molecule has 3 nitrogen and oxygen atoms in total. The van der Waals surface area contributed by atoms with Crippen LogP contribution in [0, 0.1) is 0 Å². The van der Waals surface area contributed by atoms with E-state index in [4.69, 9.17) is 0 Å². The van der Waals surface area contributed by atoms with Crippen LogP contribution in [-0.2, 0) is 55.0 Å². The maximum atomic E-state index is 4.66. The normalized spacial score (nSPS) is 5.54. The predicted molar refractivity (Wildman–Crippen MR) is 72.5 cm³/mol. The topological polar surface area (TPSA) is 78.1 Å². The van der Waals surface area contributed by atoms with Crippen LogP contribution in [0.5, 0.6) is 0 Å². The molecule has 6 N–H and O–H groups in total. The maximum Gasteiger partial charge on any atom is 1.00 e. The van der Waals surface area contributed by atoms with E-state index in [1.807, 2.05) is 0 Å². The second-order valence-electron chi connectivity index (χ2n) is 0.957. The molecule has 0 aromatic carbocycles. The van der Waals surface area contributed by atoms with Crippen LogP contribution in [0.4, 0.5) is 0 Å². The largest absolute Gasteiger partial charge is 1.00 e.